The number of rotatable bonds is 4. The van der Waals surface area contributed by atoms with Crippen molar-refractivity contribution in [3.05, 3.63) is 29.0 Å². The van der Waals surface area contributed by atoms with Gasteiger partial charge in [0.15, 0.2) is 6.61 Å². The van der Waals surface area contributed by atoms with E-state index < -0.39 is 36.5 Å². The van der Waals surface area contributed by atoms with Gasteiger partial charge in [-0.1, -0.05) is 24.4 Å². The molecule has 1 aliphatic rings. The lowest BCUT2D eigenvalue weighted by Gasteiger charge is -2.33. The molecule has 0 saturated heterocycles. The second-order valence-electron chi connectivity index (χ2n) is 5.47. The topological polar surface area (TPSA) is 38.3 Å². The summed E-state index contributed by atoms with van der Waals surface area (Å²) in [5, 5.41) is 2.36. The molecule has 0 bridgehead atoms. The molecule has 0 unspecified atom stereocenters. The van der Waals surface area contributed by atoms with E-state index in [2.05, 4.69) is 5.32 Å². The van der Waals surface area contributed by atoms with Crippen molar-refractivity contribution in [2.75, 3.05) is 6.61 Å². The van der Waals surface area contributed by atoms with Gasteiger partial charge in [0, 0.05) is 6.04 Å². The Balaban J connectivity index is 1.90. The van der Waals surface area contributed by atoms with Gasteiger partial charge >= 0.3 is 6.18 Å². The van der Waals surface area contributed by atoms with Crippen molar-refractivity contribution in [2.24, 2.45) is 5.92 Å². The minimum atomic E-state index is -4.33. The molecule has 0 aliphatic heterocycles. The number of nitrogens with one attached hydrogen (secondary N) is 1. The van der Waals surface area contributed by atoms with Crippen LogP contribution >= 0.6 is 11.6 Å². The van der Waals surface area contributed by atoms with Crippen molar-refractivity contribution < 1.29 is 27.1 Å². The Bertz CT molecular complexity index is 565. The molecule has 2 atom stereocenters. The third-order valence-electron chi connectivity index (χ3n) is 3.79. The van der Waals surface area contributed by atoms with E-state index in [1.165, 1.54) is 6.07 Å². The van der Waals surface area contributed by atoms with Crippen LogP contribution in [-0.2, 0) is 4.79 Å². The van der Waals surface area contributed by atoms with E-state index in [0.29, 0.717) is 12.8 Å². The first-order valence-corrected chi connectivity index (χ1v) is 7.59. The van der Waals surface area contributed by atoms with E-state index in [1.54, 1.807) is 0 Å². The first-order chi connectivity index (χ1) is 10.8. The molecular weight excluding hydrogens is 338 g/mol. The predicted molar refractivity (Wildman–Crippen MR) is 76.8 cm³/mol. The fourth-order valence-electron chi connectivity index (χ4n) is 2.68. The van der Waals surface area contributed by atoms with E-state index in [9.17, 15) is 22.4 Å². The molecule has 1 amide bonds. The molecule has 0 aromatic heterocycles. The van der Waals surface area contributed by atoms with Crippen molar-refractivity contribution in [1.82, 2.24) is 5.32 Å². The Hall–Kier alpha value is -1.50. The molecule has 2 rings (SSSR count). The van der Waals surface area contributed by atoms with E-state index >= 15 is 0 Å². The van der Waals surface area contributed by atoms with Crippen LogP contribution in [0, 0.1) is 11.7 Å². The molecule has 8 heteroatoms. The fourth-order valence-corrected chi connectivity index (χ4v) is 2.90. The number of hydrogen-bond donors (Lipinski definition) is 1. The zero-order valence-corrected chi connectivity index (χ0v) is 12.9. The number of ether oxygens (including phenoxy) is 1. The first kappa shape index (κ1) is 17.8. The van der Waals surface area contributed by atoms with Gasteiger partial charge in [-0.15, -0.1) is 0 Å². The van der Waals surface area contributed by atoms with Crippen molar-refractivity contribution in [3.8, 4) is 5.75 Å². The summed E-state index contributed by atoms with van der Waals surface area (Å²) in [6, 6.07) is 2.45. The predicted octanol–water partition coefficient (Wildman–Crippen LogP) is 4.10. The fraction of sp³-hybridized carbons (Fsp3) is 0.533. The molecule has 0 radical (unpaired) electrons. The van der Waals surface area contributed by atoms with Gasteiger partial charge in [-0.25, -0.2) is 4.39 Å². The summed E-state index contributed by atoms with van der Waals surface area (Å²) in [5.74, 6) is -2.65. The molecule has 3 nitrogen and oxygen atoms in total. The highest BCUT2D eigenvalue weighted by Crippen LogP contribution is 2.37. The highest BCUT2D eigenvalue weighted by Gasteiger charge is 2.45. The molecule has 128 valence electrons. The maximum absolute atomic E-state index is 12.9. The maximum Gasteiger partial charge on any atom is 0.393 e. The lowest BCUT2D eigenvalue weighted by molar-refractivity contribution is -0.189. The molecule has 23 heavy (non-hydrogen) atoms. The molecule has 1 aromatic rings. The number of carbonyl (C=O) groups excluding carboxylic acids is 1. The number of amides is 1. The number of hydrogen-bond acceptors (Lipinski definition) is 2. The average Bonchev–Trinajstić information content (AvgIpc) is 2.46. The van der Waals surface area contributed by atoms with Crippen LogP contribution in [0.1, 0.15) is 25.7 Å². The SMILES string of the molecule is O=C(COc1ccc(F)cc1Cl)N[C@H]1CCCC[C@@H]1C(F)(F)F. The maximum atomic E-state index is 12.9. The van der Waals surface area contributed by atoms with Crippen LogP contribution in [0.25, 0.3) is 0 Å². The highest BCUT2D eigenvalue weighted by atomic mass is 35.5. The van der Waals surface area contributed by atoms with Gasteiger partial charge in [0.05, 0.1) is 10.9 Å². The van der Waals surface area contributed by atoms with E-state index in [0.717, 1.165) is 12.1 Å². The number of halogens is 5. The normalized spacial score (nSPS) is 21.8. The molecule has 0 heterocycles. The van der Waals surface area contributed by atoms with E-state index in [4.69, 9.17) is 16.3 Å². The average molecular weight is 354 g/mol. The van der Waals surface area contributed by atoms with Crippen molar-refractivity contribution in [3.63, 3.8) is 0 Å². The van der Waals surface area contributed by atoms with Crippen LogP contribution in [-0.4, -0.2) is 24.7 Å². The highest BCUT2D eigenvalue weighted by molar-refractivity contribution is 6.32. The summed E-state index contributed by atoms with van der Waals surface area (Å²) in [5.41, 5.74) is 0. The molecule has 1 fully saturated rings. The van der Waals surface area contributed by atoms with E-state index in [1.807, 2.05) is 0 Å². The molecule has 1 aromatic carbocycles. The smallest absolute Gasteiger partial charge is 0.393 e. The Morgan fingerprint density at radius 2 is 2.00 bits per heavy atom. The summed E-state index contributed by atoms with van der Waals surface area (Å²) in [6.07, 6.45) is -2.90. The second kappa shape index (κ2) is 7.38. The van der Waals surface area contributed by atoms with Gasteiger partial charge in [-0.2, -0.15) is 13.2 Å². The Labute approximate surface area is 136 Å². The first-order valence-electron chi connectivity index (χ1n) is 7.21. The monoisotopic (exact) mass is 353 g/mol. The molecule has 1 N–H and O–H groups in total. The third kappa shape index (κ3) is 4.99. The Kier molecular flexibility index (Phi) is 5.73. The Morgan fingerprint density at radius 3 is 2.65 bits per heavy atom. The zero-order valence-electron chi connectivity index (χ0n) is 12.1. The van der Waals surface area contributed by atoms with Crippen molar-refractivity contribution >= 4 is 17.5 Å². The quantitative estimate of drug-likeness (QED) is 0.828. The van der Waals surface area contributed by atoms with Crippen molar-refractivity contribution in [2.45, 2.75) is 37.9 Å². The van der Waals surface area contributed by atoms with Gasteiger partial charge in [-0.05, 0) is 31.0 Å². The molecule has 0 spiro atoms. The molecule has 1 saturated carbocycles. The van der Waals surface area contributed by atoms with Crippen LogP contribution in [0.5, 0.6) is 5.75 Å². The largest absolute Gasteiger partial charge is 0.482 e. The molecular formula is C15H16ClF4NO2. The van der Waals surface area contributed by atoms with Gasteiger partial charge in [-0.3, -0.25) is 4.79 Å². The number of carbonyl (C=O) groups is 1. The van der Waals surface area contributed by atoms with Gasteiger partial charge in [0.25, 0.3) is 5.91 Å². The minimum Gasteiger partial charge on any atom is -0.482 e. The summed E-state index contributed by atoms with van der Waals surface area (Å²) in [4.78, 5) is 11.8. The zero-order chi connectivity index (χ0) is 17.0. The lowest BCUT2D eigenvalue weighted by Crippen LogP contribution is -2.48. The Morgan fingerprint density at radius 1 is 1.30 bits per heavy atom. The summed E-state index contributed by atoms with van der Waals surface area (Å²) in [6.45, 7) is -0.480. The number of benzene rings is 1. The van der Waals surface area contributed by atoms with Gasteiger partial charge < -0.3 is 10.1 Å². The van der Waals surface area contributed by atoms with Crippen LogP contribution in [0.4, 0.5) is 17.6 Å². The van der Waals surface area contributed by atoms with Crippen LogP contribution in [0.2, 0.25) is 5.02 Å². The second-order valence-corrected chi connectivity index (χ2v) is 5.88. The lowest BCUT2D eigenvalue weighted by atomic mass is 9.84. The molecule has 1 aliphatic carbocycles. The van der Waals surface area contributed by atoms with Crippen LogP contribution in [0.15, 0.2) is 18.2 Å². The number of alkyl halides is 3. The van der Waals surface area contributed by atoms with Gasteiger partial charge in [0.2, 0.25) is 0 Å². The van der Waals surface area contributed by atoms with Crippen LogP contribution in [0.3, 0.4) is 0 Å². The third-order valence-corrected chi connectivity index (χ3v) is 4.08. The summed E-state index contributed by atoms with van der Waals surface area (Å²) < 4.78 is 56.9. The minimum absolute atomic E-state index is 0.0105. The standard InChI is InChI=1S/C15H16ClF4NO2/c16-11-7-9(17)5-6-13(11)23-8-14(22)21-12-4-2-1-3-10(12)15(18,19)20/h5-7,10,12H,1-4,8H2,(H,21,22)/t10-,12-/m0/s1. The van der Waals surface area contributed by atoms with E-state index in [-0.39, 0.29) is 23.6 Å². The summed E-state index contributed by atoms with van der Waals surface area (Å²) >= 11 is 5.74. The summed E-state index contributed by atoms with van der Waals surface area (Å²) in [7, 11) is 0. The van der Waals surface area contributed by atoms with Gasteiger partial charge in [0.1, 0.15) is 11.6 Å². The van der Waals surface area contributed by atoms with Crippen LogP contribution < -0.4 is 10.1 Å². The van der Waals surface area contributed by atoms with Crippen molar-refractivity contribution in [1.29, 1.82) is 0 Å².